The van der Waals surface area contributed by atoms with E-state index >= 15 is 0 Å². The largest absolute Gasteiger partial charge is 0.465 e. The van der Waals surface area contributed by atoms with Gasteiger partial charge in [0, 0.05) is 24.6 Å². The number of methoxy groups -OCH3 is 1. The lowest BCUT2D eigenvalue weighted by molar-refractivity contribution is 0.0601. The SMILES string of the molecule is COC(=O)c1ccn(S(=O)(=O)c2ccc3c(c2)CCN3)c1. The van der Waals surface area contributed by atoms with E-state index in [0.29, 0.717) is 0 Å². The summed E-state index contributed by atoms with van der Waals surface area (Å²) in [6, 6.07) is 6.41. The molecule has 0 fully saturated rings. The van der Waals surface area contributed by atoms with Crippen molar-refractivity contribution in [3.05, 3.63) is 47.8 Å². The minimum atomic E-state index is -3.70. The third kappa shape index (κ3) is 2.29. The van der Waals surface area contributed by atoms with Crippen LogP contribution in [0.25, 0.3) is 0 Å². The van der Waals surface area contributed by atoms with E-state index in [4.69, 9.17) is 0 Å². The standard InChI is InChI=1S/C14H14N2O4S/c1-20-14(17)11-5-7-16(9-11)21(18,19)12-2-3-13-10(8-12)4-6-15-13/h2-3,5,7-9,15H,4,6H2,1H3. The molecule has 0 bridgehead atoms. The van der Waals surface area contributed by atoms with Crippen molar-refractivity contribution in [2.75, 3.05) is 19.0 Å². The minimum absolute atomic E-state index is 0.198. The van der Waals surface area contributed by atoms with Crippen molar-refractivity contribution in [3.8, 4) is 0 Å². The van der Waals surface area contributed by atoms with Crippen LogP contribution < -0.4 is 5.32 Å². The lowest BCUT2D eigenvalue weighted by atomic mass is 10.2. The molecule has 1 aromatic heterocycles. The van der Waals surface area contributed by atoms with E-state index in [1.165, 1.54) is 25.6 Å². The summed E-state index contributed by atoms with van der Waals surface area (Å²) in [7, 11) is -2.45. The molecule has 1 N–H and O–H groups in total. The number of anilines is 1. The van der Waals surface area contributed by atoms with Crippen molar-refractivity contribution >= 4 is 21.7 Å². The molecule has 0 saturated carbocycles. The van der Waals surface area contributed by atoms with Crippen LogP contribution in [0.2, 0.25) is 0 Å². The number of hydrogen-bond donors (Lipinski definition) is 1. The second-order valence-electron chi connectivity index (χ2n) is 4.72. The zero-order chi connectivity index (χ0) is 15.0. The molecule has 1 aliphatic rings. The third-order valence-corrected chi connectivity index (χ3v) is 5.08. The molecule has 7 heteroatoms. The lowest BCUT2D eigenvalue weighted by Crippen LogP contribution is -2.11. The van der Waals surface area contributed by atoms with E-state index in [9.17, 15) is 13.2 Å². The molecule has 1 aromatic carbocycles. The van der Waals surface area contributed by atoms with Gasteiger partial charge in [-0.05, 0) is 36.2 Å². The van der Waals surface area contributed by atoms with Crippen molar-refractivity contribution in [2.24, 2.45) is 0 Å². The quantitative estimate of drug-likeness (QED) is 0.869. The molecular weight excluding hydrogens is 292 g/mol. The average Bonchev–Trinajstić information content (AvgIpc) is 3.14. The van der Waals surface area contributed by atoms with Crippen molar-refractivity contribution in [3.63, 3.8) is 0 Å². The molecule has 0 unspecified atom stereocenters. The molecule has 21 heavy (non-hydrogen) atoms. The Morgan fingerprint density at radius 3 is 2.90 bits per heavy atom. The van der Waals surface area contributed by atoms with Crippen molar-refractivity contribution < 1.29 is 17.9 Å². The number of fused-ring (bicyclic) bond motifs is 1. The van der Waals surface area contributed by atoms with E-state index in [1.807, 2.05) is 0 Å². The maximum absolute atomic E-state index is 12.5. The number of carbonyl (C=O) groups excluding carboxylic acids is 1. The second-order valence-corrected chi connectivity index (χ2v) is 6.57. The van der Waals surface area contributed by atoms with Gasteiger partial charge in [-0.2, -0.15) is 0 Å². The molecule has 0 saturated heterocycles. The average molecular weight is 306 g/mol. The van der Waals surface area contributed by atoms with Gasteiger partial charge in [0.05, 0.1) is 17.6 Å². The van der Waals surface area contributed by atoms with Gasteiger partial charge in [0.1, 0.15) is 0 Å². The Bertz CT molecular complexity index is 808. The number of rotatable bonds is 3. The van der Waals surface area contributed by atoms with E-state index in [0.717, 1.165) is 28.2 Å². The zero-order valence-corrected chi connectivity index (χ0v) is 12.2. The summed E-state index contributed by atoms with van der Waals surface area (Å²) in [6.07, 6.45) is 3.40. The second kappa shape index (κ2) is 4.92. The fourth-order valence-electron chi connectivity index (χ4n) is 2.33. The van der Waals surface area contributed by atoms with Crippen LogP contribution in [0.1, 0.15) is 15.9 Å². The first-order valence-corrected chi connectivity index (χ1v) is 7.85. The summed E-state index contributed by atoms with van der Waals surface area (Å²) < 4.78 is 30.7. The molecule has 2 aromatic rings. The molecule has 0 aliphatic carbocycles. The summed E-state index contributed by atoms with van der Waals surface area (Å²) in [4.78, 5) is 11.6. The van der Waals surface area contributed by atoms with Gasteiger partial charge in [-0.25, -0.2) is 17.2 Å². The summed E-state index contributed by atoms with van der Waals surface area (Å²) >= 11 is 0. The van der Waals surface area contributed by atoms with E-state index in [1.54, 1.807) is 18.2 Å². The molecule has 0 amide bonds. The maximum atomic E-state index is 12.5. The van der Waals surface area contributed by atoms with Gasteiger partial charge < -0.3 is 10.1 Å². The number of hydrogen-bond acceptors (Lipinski definition) is 5. The highest BCUT2D eigenvalue weighted by Crippen LogP contribution is 2.26. The first-order chi connectivity index (χ1) is 10.0. The Kier molecular flexibility index (Phi) is 3.21. The number of ether oxygens (including phenoxy) is 1. The number of aromatic nitrogens is 1. The minimum Gasteiger partial charge on any atom is -0.465 e. The maximum Gasteiger partial charge on any atom is 0.339 e. The molecule has 6 nitrogen and oxygen atoms in total. The monoisotopic (exact) mass is 306 g/mol. The predicted octanol–water partition coefficient (Wildman–Crippen LogP) is 1.48. The van der Waals surface area contributed by atoms with Crippen molar-refractivity contribution in [2.45, 2.75) is 11.3 Å². The van der Waals surface area contributed by atoms with Crippen molar-refractivity contribution in [1.82, 2.24) is 3.97 Å². The van der Waals surface area contributed by atoms with Gasteiger partial charge in [0.25, 0.3) is 10.0 Å². The predicted molar refractivity (Wildman–Crippen MR) is 77.0 cm³/mol. The highest BCUT2D eigenvalue weighted by Gasteiger charge is 2.21. The zero-order valence-electron chi connectivity index (χ0n) is 11.4. The molecule has 3 rings (SSSR count). The summed E-state index contributed by atoms with van der Waals surface area (Å²) in [5, 5.41) is 3.18. The highest BCUT2D eigenvalue weighted by molar-refractivity contribution is 7.90. The smallest absolute Gasteiger partial charge is 0.339 e. The molecule has 1 aliphatic heterocycles. The van der Waals surface area contributed by atoms with Crippen LogP contribution in [-0.4, -0.2) is 32.0 Å². The topological polar surface area (TPSA) is 77.4 Å². The van der Waals surface area contributed by atoms with Crippen LogP contribution in [0.4, 0.5) is 5.69 Å². The van der Waals surface area contributed by atoms with Crippen molar-refractivity contribution in [1.29, 1.82) is 0 Å². The number of nitrogens with one attached hydrogen (secondary N) is 1. The molecule has 2 heterocycles. The van der Waals surface area contributed by atoms with E-state index < -0.39 is 16.0 Å². The summed E-state index contributed by atoms with van der Waals surface area (Å²) in [5.41, 5.74) is 2.15. The number of benzene rings is 1. The first kappa shape index (κ1) is 13.7. The van der Waals surface area contributed by atoms with Gasteiger partial charge in [-0.3, -0.25) is 0 Å². The van der Waals surface area contributed by atoms with Gasteiger partial charge in [-0.1, -0.05) is 0 Å². The molecule has 110 valence electrons. The van der Waals surface area contributed by atoms with Crippen LogP contribution in [0.15, 0.2) is 41.6 Å². The Balaban J connectivity index is 2.00. The Labute approximate surface area is 122 Å². The summed E-state index contributed by atoms with van der Waals surface area (Å²) in [6.45, 7) is 0.814. The molecule has 0 radical (unpaired) electrons. The normalized spacial score (nSPS) is 13.6. The fraction of sp³-hybridized carbons (Fsp3) is 0.214. The fourth-order valence-corrected chi connectivity index (χ4v) is 3.58. The van der Waals surface area contributed by atoms with E-state index in [2.05, 4.69) is 10.1 Å². The van der Waals surface area contributed by atoms with Gasteiger partial charge >= 0.3 is 5.97 Å². The number of carbonyl (C=O) groups is 1. The molecule has 0 atom stereocenters. The highest BCUT2D eigenvalue weighted by atomic mass is 32.2. The molecular formula is C14H14N2O4S. The molecule has 0 spiro atoms. The van der Waals surface area contributed by atoms with Crippen LogP contribution in [0.3, 0.4) is 0 Å². The summed E-state index contributed by atoms with van der Waals surface area (Å²) in [5.74, 6) is -0.567. The van der Waals surface area contributed by atoms with Crippen LogP contribution >= 0.6 is 0 Å². The van der Waals surface area contributed by atoms with Gasteiger partial charge in [0.15, 0.2) is 0 Å². The first-order valence-electron chi connectivity index (χ1n) is 6.41. The van der Waals surface area contributed by atoms with E-state index in [-0.39, 0.29) is 10.5 Å². The Morgan fingerprint density at radius 2 is 2.14 bits per heavy atom. The Morgan fingerprint density at radius 1 is 1.33 bits per heavy atom. The Hall–Kier alpha value is -2.28. The number of nitrogens with zero attached hydrogens (tertiary/aromatic N) is 1. The van der Waals surface area contributed by atoms with Gasteiger partial charge in [-0.15, -0.1) is 0 Å². The van der Waals surface area contributed by atoms with Crippen LogP contribution in [0.5, 0.6) is 0 Å². The lowest BCUT2D eigenvalue weighted by Gasteiger charge is -2.07. The van der Waals surface area contributed by atoms with Crippen LogP contribution in [-0.2, 0) is 21.2 Å². The van der Waals surface area contributed by atoms with Crippen LogP contribution in [0, 0.1) is 0 Å². The number of esters is 1. The van der Waals surface area contributed by atoms with Gasteiger partial charge in [0.2, 0.25) is 0 Å². The third-order valence-electron chi connectivity index (χ3n) is 3.45.